The van der Waals surface area contributed by atoms with Crippen molar-refractivity contribution in [2.75, 3.05) is 23.7 Å². The van der Waals surface area contributed by atoms with Crippen molar-refractivity contribution in [3.63, 3.8) is 0 Å². The van der Waals surface area contributed by atoms with Gasteiger partial charge in [-0.15, -0.1) is 0 Å². The maximum Gasteiger partial charge on any atom is 0.234 e. The molecule has 1 aromatic carbocycles. The number of unbranched alkanes of at least 4 members (excludes halogenated alkanes) is 1. The summed E-state index contributed by atoms with van der Waals surface area (Å²) >= 11 is 0. The van der Waals surface area contributed by atoms with Gasteiger partial charge in [0, 0.05) is 13.1 Å². The van der Waals surface area contributed by atoms with Gasteiger partial charge in [-0.05, 0) is 38.4 Å². The van der Waals surface area contributed by atoms with Crippen molar-refractivity contribution in [2.45, 2.75) is 39.7 Å². The topological polar surface area (TPSA) is 49.4 Å². The van der Waals surface area contributed by atoms with Crippen LogP contribution in [-0.2, 0) is 10.0 Å². The molecule has 1 N–H and O–H groups in total. The van der Waals surface area contributed by atoms with Crippen LogP contribution in [0.15, 0.2) is 24.3 Å². The summed E-state index contributed by atoms with van der Waals surface area (Å²) in [7, 11) is -1.60. The molecule has 0 saturated carbocycles. The molecular weight excluding hydrogens is 272 g/mol. The molecule has 0 aromatic heterocycles. The molecule has 5 heteroatoms. The quantitative estimate of drug-likeness (QED) is 0.750. The SMILES string of the molecule is Cc1ccc(N(C)S(=O)(=O)CCCCNC(C)C)cc1. The van der Waals surface area contributed by atoms with Crippen molar-refractivity contribution in [1.29, 1.82) is 0 Å². The molecule has 0 saturated heterocycles. The van der Waals surface area contributed by atoms with Crippen LogP contribution in [0.2, 0.25) is 0 Å². The van der Waals surface area contributed by atoms with Gasteiger partial charge in [0.2, 0.25) is 10.0 Å². The Labute approximate surface area is 123 Å². The first-order valence-electron chi connectivity index (χ1n) is 7.09. The van der Waals surface area contributed by atoms with Gasteiger partial charge < -0.3 is 5.32 Å². The molecule has 0 bridgehead atoms. The number of nitrogens with zero attached hydrogens (tertiary/aromatic N) is 1. The van der Waals surface area contributed by atoms with Gasteiger partial charge in [0.15, 0.2) is 0 Å². The smallest absolute Gasteiger partial charge is 0.234 e. The lowest BCUT2D eigenvalue weighted by Crippen LogP contribution is -2.29. The first kappa shape index (κ1) is 17.0. The highest BCUT2D eigenvalue weighted by Gasteiger charge is 2.17. The monoisotopic (exact) mass is 298 g/mol. The van der Waals surface area contributed by atoms with Crippen LogP contribution in [0.4, 0.5) is 5.69 Å². The number of nitrogens with one attached hydrogen (secondary N) is 1. The molecule has 0 heterocycles. The molecule has 0 unspecified atom stereocenters. The first-order valence-corrected chi connectivity index (χ1v) is 8.70. The predicted octanol–water partition coefficient (Wildman–Crippen LogP) is 2.54. The minimum atomic E-state index is -3.22. The lowest BCUT2D eigenvalue weighted by molar-refractivity contribution is 0.559. The Morgan fingerprint density at radius 1 is 1.15 bits per heavy atom. The van der Waals surface area contributed by atoms with E-state index in [1.165, 1.54) is 4.31 Å². The second kappa shape index (κ2) is 7.64. The van der Waals surface area contributed by atoms with Crippen LogP contribution in [0.25, 0.3) is 0 Å². The van der Waals surface area contributed by atoms with E-state index in [2.05, 4.69) is 19.2 Å². The van der Waals surface area contributed by atoms with Gasteiger partial charge in [-0.25, -0.2) is 8.42 Å². The van der Waals surface area contributed by atoms with Crippen molar-refractivity contribution < 1.29 is 8.42 Å². The largest absolute Gasteiger partial charge is 0.315 e. The number of hydrogen-bond donors (Lipinski definition) is 1. The maximum atomic E-state index is 12.2. The lowest BCUT2D eigenvalue weighted by atomic mass is 10.2. The summed E-state index contributed by atoms with van der Waals surface area (Å²) in [5.41, 5.74) is 1.84. The van der Waals surface area contributed by atoms with Crippen LogP contribution < -0.4 is 9.62 Å². The summed E-state index contributed by atoms with van der Waals surface area (Å²) in [6, 6.07) is 7.98. The number of rotatable bonds is 8. The van der Waals surface area contributed by atoms with Crippen molar-refractivity contribution in [3.8, 4) is 0 Å². The molecule has 0 aliphatic heterocycles. The number of hydrogen-bond acceptors (Lipinski definition) is 3. The Morgan fingerprint density at radius 2 is 1.75 bits per heavy atom. The zero-order valence-electron chi connectivity index (χ0n) is 12.9. The summed E-state index contributed by atoms with van der Waals surface area (Å²) in [4.78, 5) is 0. The van der Waals surface area contributed by atoms with E-state index in [1.54, 1.807) is 7.05 Å². The van der Waals surface area contributed by atoms with Gasteiger partial charge >= 0.3 is 0 Å². The second-order valence-electron chi connectivity index (χ2n) is 5.43. The zero-order valence-corrected chi connectivity index (χ0v) is 13.7. The Balaban J connectivity index is 2.49. The molecule has 1 rings (SSSR count). The van der Waals surface area contributed by atoms with Crippen LogP contribution in [0.1, 0.15) is 32.3 Å². The molecule has 114 valence electrons. The molecule has 0 aliphatic carbocycles. The highest BCUT2D eigenvalue weighted by atomic mass is 32.2. The van der Waals surface area contributed by atoms with Crippen LogP contribution in [0, 0.1) is 6.92 Å². The van der Waals surface area contributed by atoms with Gasteiger partial charge in [-0.3, -0.25) is 4.31 Å². The van der Waals surface area contributed by atoms with Crippen LogP contribution in [0.5, 0.6) is 0 Å². The average Bonchev–Trinajstić information content (AvgIpc) is 2.38. The van der Waals surface area contributed by atoms with Crippen LogP contribution >= 0.6 is 0 Å². The predicted molar refractivity (Wildman–Crippen MR) is 85.7 cm³/mol. The van der Waals surface area contributed by atoms with Crippen molar-refractivity contribution in [1.82, 2.24) is 5.32 Å². The summed E-state index contributed by atoms with van der Waals surface area (Å²) < 4.78 is 25.8. The van der Waals surface area contributed by atoms with E-state index in [9.17, 15) is 8.42 Å². The van der Waals surface area contributed by atoms with E-state index in [-0.39, 0.29) is 5.75 Å². The fraction of sp³-hybridized carbons (Fsp3) is 0.600. The maximum absolute atomic E-state index is 12.2. The Bertz CT molecular complexity index is 495. The molecule has 0 atom stereocenters. The second-order valence-corrected chi connectivity index (χ2v) is 7.55. The molecule has 20 heavy (non-hydrogen) atoms. The normalized spacial score (nSPS) is 11.8. The summed E-state index contributed by atoms with van der Waals surface area (Å²) in [6.07, 6.45) is 1.55. The zero-order chi connectivity index (χ0) is 15.2. The minimum Gasteiger partial charge on any atom is -0.315 e. The van der Waals surface area contributed by atoms with E-state index in [0.29, 0.717) is 12.5 Å². The van der Waals surface area contributed by atoms with Crippen molar-refractivity contribution in [3.05, 3.63) is 29.8 Å². The minimum absolute atomic E-state index is 0.192. The Kier molecular flexibility index (Phi) is 6.49. The van der Waals surface area contributed by atoms with E-state index >= 15 is 0 Å². The highest BCUT2D eigenvalue weighted by Crippen LogP contribution is 2.17. The molecule has 1 aromatic rings. The average molecular weight is 298 g/mol. The van der Waals surface area contributed by atoms with E-state index in [1.807, 2.05) is 31.2 Å². The number of anilines is 1. The molecule has 0 amide bonds. The molecular formula is C15H26N2O2S. The third-order valence-corrected chi connectivity index (χ3v) is 5.05. The fourth-order valence-corrected chi connectivity index (χ4v) is 3.14. The standard InChI is InChI=1S/C15H26N2O2S/c1-13(2)16-11-5-6-12-20(18,19)17(4)15-9-7-14(3)8-10-15/h7-10,13,16H,5-6,11-12H2,1-4H3. The molecule has 0 radical (unpaired) electrons. The summed E-state index contributed by atoms with van der Waals surface area (Å²) in [5.74, 6) is 0.192. The molecule has 0 spiro atoms. The third kappa shape index (κ3) is 5.51. The van der Waals surface area contributed by atoms with Crippen LogP contribution in [0.3, 0.4) is 0 Å². The third-order valence-electron chi connectivity index (χ3n) is 3.20. The van der Waals surface area contributed by atoms with Gasteiger partial charge in [0.1, 0.15) is 0 Å². The van der Waals surface area contributed by atoms with Gasteiger partial charge in [0.25, 0.3) is 0 Å². The number of aryl methyl sites for hydroxylation is 1. The van der Waals surface area contributed by atoms with Gasteiger partial charge in [0.05, 0.1) is 11.4 Å². The van der Waals surface area contributed by atoms with Crippen LogP contribution in [-0.4, -0.2) is 33.8 Å². The van der Waals surface area contributed by atoms with Gasteiger partial charge in [-0.1, -0.05) is 31.5 Å². The summed E-state index contributed by atoms with van der Waals surface area (Å²) in [6.45, 7) is 7.02. The first-order chi connectivity index (χ1) is 9.33. The van der Waals surface area contributed by atoms with Crippen molar-refractivity contribution >= 4 is 15.7 Å². The van der Waals surface area contributed by atoms with E-state index in [0.717, 1.165) is 24.2 Å². The highest BCUT2D eigenvalue weighted by molar-refractivity contribution is 7.92. The lowest BCUT2D eigenvalue weighted by Gasteiger charge is -2.19. The number of sulfonamides is 1. The van der Waals surface area contributed by atoms with Gasteiger partial charge in [-0.2, -0.15) is 0 Å². The van der Waals surface area contributed by atoms with E-state index < -0.39 is 10.0 Å². The van der Waals surface area contributed by atoms with Crippen molar-refractivity contribution in [2.24, 2.45) is 0 Å². The number of benzene rings is 1. The Morgan fingerprint density at radius 3 is 2.30 bits per heavy atom. The molecule has 0 fully saturated rings. The fourth-order valence-electron chi connectivity index (χ4n) is 1.85. The summed E-state index contributed by atoms with van der Waals surface area (Å²) in [5, 5.41) is 3.29. The molecule has 4 nitrogen and oxygen atoms in total. The Hall–Kier alpha value is -1.07. The molecule has 0 aliphatic rings. The van der Waals surface area contributed by atoms with E-state index in [4.69, 9.17) is 0 Å².